The molecule has 1 saturated heterocycles. The van der Waals surface area contributed by atoms with Crippen LogP contribution in [0, 0.1) is 0 Å². The highest BCUT2D eigenvalue weighted by Gasteiger charge is 2.24. The Labute approximate surface area is 146 Å². The molecule has 0 N–H and O–H groups in total. The van der Waals surface area contributed by atoms with Gasteiger partial charge >= 0.3 is 0 Å². The maximum absolute atomic E-state index is 5.98. The Balaban J connectivity index is 1.71. The smallest absolute Gasteiger partial charge is 0.129 e. The van der Waals surface area contributed by atoms with Gasteiger partial charge in [-0.25, -0.2) is 0 Å². The lowest BCUT2D eigenvalue weighted by atomic mass is 10.0. The van der Waals surface area contributed by atoms with E-state index in [1.54, 1.807) is 0 Å². The molecule has 4 rings (SSSR count). The number of benzene rings is 3. The molecule has 3 aromatic rings. The van der Waals surface area contributed by atoms with Crippen molar-refractivity contribution in [3.63, 3.8) is 0 Å². The van der Waals surface area contributed by atoms with Gasteiger partial charge in [-0.2, -0.15) is 5.11 Å². The summed E-state index contributed by atoms with van der Waals surface area (Å²) in [6.07, 6.45) is 0.207. The van der Waals surface area contributed by atoms with Gasteiger partial charge in [0.1, 0.15) is 18.5 Å². The zero-order valence-corrected chi connectivity index (χ0v) is 13.7. The number of nitrogens with zero attached hydrogens (tertiary/aromatic N) is 2. The molecule has 0 aliphatic carbocycles. The van der Waals surface area contributed by atoms with Gasteiger partial charge in [-0.3, -0.25) is 0 Å². The summed E-state index contributed by atoms with van der Waals surface area (Å²) in [5, 5.41) is 8.83. The first-order chi connectivity index (χ1) is 12.4. The van der Waals surface area contributed by atoms with Gasteiger partial charge in [0.25, 0.3) is 0 Å². The highest BCUT2D eigenvalue weighted by atomic mass is 16.6. The first-order valence-corrected chi connectivity index (χ1v) is 8.30. The number of hydrogen-bond donors (Lipinski definition) is 0. The second-order valence-corrected chi connectivity index (χ2v) is 5.82. The minimum Gasteiger partial charge on any atom is -0.490 e. The van der Waals surface area contributed by atoms with Crippen LogP contribution in [0.25, 0.3) is 11.1 Å². The molecule has 1 aliphatic heterocycles. The van der Waals surface area contributed by atoms with Gasteiger partial charge in [-0.15, -0.1) is 5.11 Å². The first-order valence-electron chi connectivity index (χ1n) is 8.30. The highest BCUT2D eigenvalue weighted by Crippen LogP contribution is 2.39. The van der Waals surface area contributed by atoms with Crippen LogP contribution in [0.4, 0.5) is 11.4 Å². The van der Waals surface area contributed by atoms with E-state index in [4.69, 9.17) is 9.47 Å². The molecule has 4 nitrogen and oxygen atoms in total. The Hall–Kier alpha value is -2.98. The van der Waals surface area contributed by atoms with Crippen molar-refractivity contribution >= 4 is 11.4 Å². The van der Waals surface area contributed by atoms with Crippen LogP contribution in [0.3, 0.4) is 0 Å². The van der Waals surface area contributed by atoms with Crippen LogP contribution in [0.5, 0.6) is 5.75 Å². The minimum absolute atomic E-state index is 0.207. The van der Waals surface area contributed by atoms with E-state index in [-0.39, 0.29) is 6.10 Å². The predicted molar refractivity (Wildman–Crippen MR) is 97.7 cm³/mol. The van der Waals surface area contributed by atoms with Crippen LogP contribution in [-0.4, -0.2) is 19.3 Å². The summed E-state index contributed by atoms with van der Waals surface area (Å²) < 4.78 is 11.2. The number of epoxide rings is 1. The van der Waals surface area contributed by atoms with Crippen LogP contribution < -0.4 is 4.74 Å². The maximum Gasteiger partial charge on any atom is 0.129 e. The van der Waals surface area contributed by atoms with Gasteiger partial charge in [0.05, 0.1) is 23.5 Å². The van der Waals surface area contributed by atoms with E-state index in [9.17, 15) is 0 Å². The van der Waals surface area contributed by atoms with Gasteiger partial charge in [0.15, 0.2) is 0 Å². The summed E-state index contributed by atoms with van der Waals surface area (Å²) in [7, 11) is 0. The molecule has 0 spiro atoms. The summed E-state index contributed by atoms with van der Waals surface area (Å²) in [5.41, 5.74) is 3.60. The largest absolute Gasteiger partial charge is 0.490 e. The van der Waals surface area contributed by atoms with Crippen molar-refractivity contribution in [3.05, 3.63) is 78.9 Å². The molecule has 0 radical (unpaired) electrons. The predicted octanol–water partition coefficient (Wildman–Crippen LogP) is 5.55. The van der Waals surface area contributed by atoms with Gasteiger partial charge < -0.3 is 9.47 Å². The van der Waals surface area contributed by atoms with Crippen molar-refractivity contribution < 1.29 is 9.47 Å². The van der Waals surface area contributed by atoms with Crippen LogP contribution in [-0.2, 0) is 4.74 Å². The molecule has 25 heavy (non-hydrogen) atoms. The van der Waals surface area contributed by atoms with Crippen molar-refractivity contribution in [2.24, 2.45) is 10.2 Å². The standard InChI is InChI=1S/C21H18N2O2/c1-3-8-16(9-4-1)21-19(23-22-17-10-5-2-6-11-17)12-7-13-20(21)25-15-18-14-24-18/h1-13,18H,14-15H2. The molecular formula is C21H18N2O2. The van der Waals surface area contributed by atoms with Crippen molar-refractivity contribution in [1.82, 2.24) is 0 Å². The Kier molecular flexibility index (Phi) is 4.53. The van der Waals surface area contributed by atoms with Gasteiger partial charge in [0.2, 0.25) is 0 Å². The van der Waals surface area contributed by atoms with Crippen LogP contribution in [0.1, 0.15) is 0 Å². The molecule has 1 unspecified atom stereocenters. The number of rotatable bonds is 6. The lowest BCUT2D eigenvalue weighted by Gasteiger charge is -2.13. The molecule has 1 fully saturated rings. The molecule has 0 amide bonds. The third kappa shape index (κ3) is 3.92. The quantitative estimate of drug-likeness (QED) is 0.439. The molecule has 3 aromatic carbocycles. The van der Waals surface area contributed by atoms with Crippen molar-refractivity contribution in [2.45, 2.75) is 6.10 Å². The molecule has 1 heterocycles. The summed E-state index contributed by atoms with van der Waals surface area (Å²) >= 11 is 0. The van der Waals surface area contributed by atoms with E-state index >= 15 is 0 Å². The highest BCUT2D eigenvalue weighted by molar-refractivity contribution is 5.81. The molecule has 1 aliphatic rings. The average Bonchev–Trinajstić information content (AvgIpc) is 3.51. The Morgan fingerprint density at radius 2 is 1.56 bits per heavy atom. The van der Waals surface area contributed by atoms with E-state index in [1.807, 2.05) is 66.7 Å². The third-order valence-corrected chi connectivity index (χ3v) is 3.92. The molecule has 1 atom stereocenters. The Morgan fingerprint density at radius 1 is 0.840 bits per heavy atom. The van der Waals surface area contributed by atoms with Crippen molar-refractivity contribution in [2.75, 3.05) is 13.2 Å². The lowest BCUT2D eigenvalue weighted by molar-refractivity contribution is 0.264. The van der Waals surface area contributed by atoms with Crippen molar-refractivity contribution in [1.29, 1.82) is 0 Å². The first kappa shape index (κ1) is 15.5. The van der Waals surface area contributed by atoms with E-state index in [0.717, 1.165) is 34.9 Å². The van der Waals surface area contributed by atoms with E-state index in [0.29, 0.717) is 6.61 Å². The molecule has 4 heteroatoms. The molecule has 0 saturated carbocycles. The monoisotopic (exact) mass is 330 g/mol. The number of hydrogen-bond acceptors (Lipinski definition) is 4. The zero-order valence-electron chi connectivity index (χ0n) is 13.7. The average molecular weight is 330 g/mol. The minimum atomic E-state index is 0.207. The normalized spacial score (nSPS) is 16.1. The summed E-state index contributed by atoms with van der Waals surface area (Å²) in [6, 6.07) is 25.7. The summed E-state index contributed by atoms with van der Waals surface area (Å²) in [5.74, 6) is 0.797. The third-order valence-electron chi connectivity index (χ3n) is 3.92. The fourth-order valence-corrected chi connectivity index (χ4v) is 2.57. The molecular weight excluding hydrogens is 312 g/mol. The fraction of sp³-hybridized carbons (Fsp3) is 0.143. The lowest BCUT2D eigenvalue weighted by Crippen LogP contribution is -2.04. The Bertz CT molecular complexity index is 860. The second kappa shape index (κ2) is 7.28. The van der Waals surface area contributed by atoms with Gasteiger partial charge in [0, 0.05) is 0 Å². The maximum atomic E-state index is 5.98. The van der Waals surface area contributed by atoms with Crippen molar-refractivity contribution in [3.8, 4) is 16.9 Å². The van der Waals surface area contributed by atoms with Gasteiger partial charge in [-0.05, 0) is 29.8 Å². The summed E-state index contributed by atoms with van der Waals surface area (Å²) in [6.45, 7) is 1.33. The topological polar surface area (TPSA) is 46.5 Å². The van der Waals surface area contributed by atoms with E-state index < -0.39 is 0 Å². The van der Waals surface area contributed by atoms with Crippen LogP contribution in [0.2, 0.25) is 0 Å². The SMILES string of the molecule is c1ccc(N=Nc2cccc(OCC3CO3)c2-c2ccccc2)cc1. The van der Waals surface area contributed by atoms with Crippen LogP contribution in [0.15, 0.2) is 89.1 Å². The zero-order chi connectivity index (χ0) is 16.9. The van der Waals surface area contributed by atoms with E-state index in [1.165, 1.54) is 0 Å². The van der Waals surface area contributed by atoms with E-state index in [2.05, 4.69) is 22.4 Å². The number of azo groups is 1. The Morgan fingerprint density at radius 3 is 2.28 bits per heavy atom. The molecule has 0 bridgehead atoms. The van der Waals surface area contributed by atoms with Crippen LogP contribution >= 0.6 is 0 Å². The molecule has 0 aromatic heterocycles. The fourth-order valence-electron chi connectivity index (χ4n) is 2.57. The molecule has 124 valence electrons. The summed E-state index contributed by atoms with van der Waals surface area (Å²) in [4.78, 5) is 0. The number of ether oxygens (including phenoxy) is 2. The van der Waals surface area contributed by atoms with Gasteiger partial charge in [-0.1, -0.05) is 54.6 Å². The second-order valence-electron chi connectivity index (χ2n) is 5.82.